The second kappa shape index (κ2) is 5.78. The van der Waals surface area contributed by atoms with Gasteiger partial charge < -0.3 is 10.3 Å². The Morgan fingerprint density at radius 2 is 2.00 bits per heavy atom. The first-order valence-corrected chi connectivity index (χ1v) is 6.46. The molecule has 3 nitrogen and oxygen atoms in total. The van der Waals surface area contributed by atoms with E-state index < -0.39 is 0 Å². The van der Waals surface area contributed by atoms with E-state index in [0.29, 0.717) is 4.99 Å². The van der Waals surface area contributed by atoms with E-state index in [0.717, 1.165) is 36.7 Å². The predicted molar refractivity (Wildman–Crippen MR) is 78.8 cm³/mol. The fourth-order valence-electron chi connectivity index (χ4n) is 2.04. The highest BCUT2D eigenvalue weighted by molar-refractivity contribution is 7.80. The van der Waals surface area contributed by atoms with Crippen molar-refractivity contribution in [1.29, 1.82) is 0 Å². The molecule has 2 aromatic rings. The van der Waals surface area contributed by atoms with Gasteiger partial charge in [0.25, 0.3) is 0 Å². The molecule has 0 aliphatic carbocycles. The van der Waals surface area contributed by atoms with Gasteiger partial charge in [0.05, 0.1) is 10.5 Å². The number of rotatable bonds is 5. The van der Waals surface area contributed by atoms with Crippen LogP contribution in [0, 0.1) is 0 Å². The molecule has 94 valence electrons. The summed E-state index contributed by atoms with van der Waals surface area (Å²) in [6, 6.07) is 9.30. The van der Waals surface area contributed by atoms with Gasteiger partial charge in [0, 0.05) is 24.2 Å². The van der Waals surface area contributed by atoms with Crippen molar-refractivity contribution in [2.75, 3.05) is 0 Å². The number of hydrogen-bond acceptors (Lipinski definition) is 2. The van der Waals surface area contributed by atoms with Gasteiger partial charge in [0.15, 0.2) is 5.43 Å². The van der Waals surface area contributed by atoms with Crippen LogP contribution in [0.1, 0.15) is 19.3 Å². The lowest BCUT2D eigenvalue weighted by Gasteiger charge is -2.10. The number of unbranched alkanes of at least 4 members (excludes halogenated alkanes) is 1. The second-order valence-corrected chi connectivity index (χ2v) is 4.84. The number of pyridine rings is 1. The minimum atomic E-state index is 0.0741. The van der Waals surface area contributed by atoms with Crippen molar-refractivity contribution in [3.8, 4) is 0 Å². The Balaban J connectivity index is 2.16. The number of para-hydroxylation sites is 1. The van der Waals surface area contributed by atoms with E-state index in [1.807, 2.05) is 30.5 Å². The van der Waals surface area contributed by atoms with Crippen LogP contribution >= 0.6 is 12.2 Å². The third kappa shape index (κ3) is 2.96. The number of thiocarbonyl (C=S) groups is 1. The highest BCUT2D eigenvalue weighted by Gasteiger charge is 2.01. The van der Waals surface area contributed by atoms with Crippen LogP contribution in [0.5, 0.6) is 0 Å². The Morgan fingerprint density at radius 1 is 1.22 bits per heavy atom. The summed E-state index contributed by atoms with van der Waals surface area (Å²) in [7, 11) is 0. The van der Waals surface area contributed by atoms with Gasteiger partial charge in [0.2, 0.25) is 0 Å². The third-order valence-corrected chi connectivity index (χ3v) is 3.16. The number of benzene rings is 1. The van der Waals surface area contributed by atoms with Crippen LogP contribution in [0.3, 0.4) is 0 Å². The number of nitrogens with zero attached hydrogens (tertiary/aromatic N) is 1. The van der Waals surface area contributed by atoms with Crippen molar-refractivity contribution < 1.29 is 0 Å². The smallest absolute Gasteiger partial charge is 0.189 e. The summed E-state index contributed by atoms with van der Waals surface area (Å²) in [6.45, 7) is 0.878. The fourth-order valence-corrected chi connectivity index (χ4v) is 2.18. The molecule has 0 radical (unpaired) electrons. The largest absolute Gasteiger partial charge is 0.393 e. The predicted octanol–water partition coefficient (Wildman–Crippen LogP) is 2.46. The summed E-state index contributed by atoms with van der Waals surface area (Å²) < 4.78 is 2.11. The van der Waals surface area contributed by atoms with Gasteiger partial charge in [-0.25, -0.2) is 0 Å². The molecule has 0 bridgehead atoms. The Hall–Kier alpha value is -1.68. The zero-order valence-electron chi connectivity index (χ0n) is 10.1. The standard InChI is InChI=1S/C14H16N2OS/c15-14(18)7-3-4-9-16-10-8-13(17)11-5-1-2-6-12(11)16/h1-2,5-6,8,10H,3-4,7,9H2,(H2,15,18). The van der Waals surface area contributed by atoms with E-state index in [9.17, 15) is 4.79 Å². The molecule has 0 spiro atoms. The molecule has 0 aliphatic rings. The average molecular weight is 260 g/mol. The molecule has 2 N–H and O–H groups in total. The Bertz CT molecular complexity index is 618. The first-order valence-electron chi connectivity index (χ1n) is 6.05. The minimum Gasteiger partial charge on any atom is -0.393 e. The van der Waals surface area contributed by atoms with Crippen LogP contribution in [0.4, 0.5) is 0 Å². The summed E-state index contributed by atoms with van der Waals surface area (Å²) in [4.78, 5) is 12.3. The van der Waals surface area contributed by atoms with E-state index >= 15 is 0 Å². The molecule has 4 heteroatoms. The first-order chi connectivity index (χ1) is 8.68. The number of nitrogens with two attached hydrogens (primary N) is 1. The van der Waals surface area contributed by atoms with Gasteiger partial charge in [-0.3, -0.25) is 4.79 Å². The van der Waals surface area contributed by atoms with E-state index in [1.165, 1.54) is 0 Å². The van der Waals surface area contributed by atoms with Gasteiger partial charge in [-0.2, -0.15) is 0 Å². The highest BCUT2D eigenvalue weighted by atomic mass is 32.1. The zero-order chi connectivity index (χ0) is 13.0. The topological polar surface area (TPSA) is 48.0 Å². The van der Waals surface area contributed by atoms with E-state index in [-0.39, 0.29) is 5.43 Å². The second-order valence-electron chi connectivity index (χ2n) is 4.31. The van der Waals surface area contributed by atoms with Gasteiger partial charge in [0.1, 0.15) is 0 Å². The third-order valence-electron chi connectivity index (χ3n) is 2.96. The van der Waals surface area contributed by atoms with Crippen molar-refractivity contribution >= 4 is 28.1 Å². The molecule has 0 atom stereocenters. The van der Waals surface area contributed by atoms with E-state index in [4.69, 9.17) is 18.0 Å². The normalized spacial score (nSPS) is 10.7. The Kier molecular flexibility index (Phi) is 4.10. The van der Waals surface area contributed by atoms with Crippen molar-refractivity contribution in [2.24, 2.45) is 5.73 Å². The number of aryl methyl sites for hydroxylation is 1. The molecule has 18 heavy (non-hydrogen) atoms. The van der Waals surface area contributed by atoms with Gasteiger partial charge in [-0.15, -0.1) is 0 Å². The van der Waals surface area contributed by atoms with Gasteiger partial charge in [-0.05, 0) is 31.4 Å². The molecule has 0 unspecified atom stereocenters. The maximum absolute atomic E-state index is 11.7. The van der Waals surface area contributed by atoms with Crippen LogP contribution in [-0.4, -0.2) is 9.56 Å². The number of fused-ring (bicyclic) bond motifs is 1. The van der Waals surface area contributed by atoms with Crippen LogP contribution in [-0.2, 0) is 6.54 Å². The zero-order valence-corrected chi connectivity index (χ0v) is 11.0. The molecular formula is C14H16N2OS. The molecule has 1 aromatic heterocycles. The Morgan fingerprint density at radius 3 is 2.78 bits per heavy atom. The fraction of sp³-hybridized carbons (Fsp3) is 0.286. The molecular weight excluding hydrogens is 244 g/mol. The van der Waals surface area contributed by atoms with Crippen molar-refractivity contribution in [3.05, 3.63) is 46.8 Å². The number of aromatic nitrogens is 1. The van der Waals surface area contributed by atoms with Crippen molar-refractivity contribution in [1.82, 2.24) is 4.57 Å². The van der Waals surface area contributed by atoms with Crippen LogP contribution in [0.15, 0.2) is 41.3 Å². The Labute approximate surface area is 111 Å². The van der Waals surface area contributed by atoms with E-state index in [1.54, 1.807) is 6.07 Å². The number of hydrogen-bond donors (Lipinski definition) is 1. The highest BCUT2D eigenvalue weighted by Crippen LogP contribution is 2.10. The van der Waals surface area contributed by atoms with Crippen molar-refractivity contribution in [3.63, 3.8) is 0 Å². The monoisotopic (exact) mass is 260 g/mol. The molecule has 1 heterocycles. The van der Waals surface area contributed by atoms with Crippen LogP contribution in [0.2, 0.25) is 0 Å². The van der Waals surface area contributed by atoms with E-state index in [2.05, 4.69) is 4.57 Å². The molecule has 1 aromatic carbocycles. The summed E-state index contributed by atoms with van der Waals surface area (Å²) in [5, 5.41) is 0.773. The molecule has 0 saturated carbocycles. The molecule has 0 aliphatic heterocycles. The maximum Gasteiger partial charge on any atom is 0.189 e. The molecule has 0 fully saturated rings. The van der Waals surface area contributed by atoms with Crippen molar-refractivity contribution in [2.45, 2.75) is 25.8 Å². The average Bonchev–Trinajstić information content (AvgIpc) is 2.37. The summed E-state index contributed by atoms with van der Waals surface area (Å²) in [6.07, 6.45) is 4.62. The minimum absolute atomic E-state index is 0.0741. The van der Waals surface area contributed by atoms with Crippen LogP contribution in [0.25, 0.3) is 10.9 Å². The quantitative estimate of drug-likeness (QED) is 0.663. The van der Waals surface area contributed by atoms with Crippen LogP contribution < -0.4 is 11.2 Å². The lowest BCUT2D eigenvalue weighted by molar-refractivity contribution is 0.633. The molecule has 0 amide bonds. The molecule has 0 saturated heterocycles. The summed E-state index contributed by atoms with van der Waals surface area (Å²) in [5.41, 5.74) is 6.53. The molecule has 2 rings (SSSR count). The summed E-state index contributed by atoms with van der Waals surface area (Å²) in [5.74, 6) is 0. The lowest BCUT2D eigenvalue weighted by Crippen LogP contribution is -2.10. The maximum atomic E-state index is 11.7. The first kappa shape index (κ1) is 12.8. The lowest BCUT2D eigenvalue weighted by atomic mass is 10.2. The van der Waals surface area contributed by atoms with Gasteiger partial charge in [-0.1, -0.05) is 24.4 Å². The van der Waals surface area contributed by atoms with Gasteiger partial charge >= 0.3 is 0 Å². The SMILES string of the molecule is NC(=S)CCCCn1ccc(=O)c2ccccc21. The summed E-state index contributed by atoms with van der Waals surface area (Å²) >= 11 is 4.85.